The molecule has 1 unspecified atom stereocenters. The topological polar surface area (TPSA) is 75.7 Å². The van der Waals surface area contributed by atoms with Crippen LogP contribution in [0.4, 0.5) is 4.79 Å². The molecule has 0 aromatic rings. The number of nitrogens with zero attached hydrogens (tertiary/aromatic N) is 1. The number of cyclic esters (lactones) is 1. The van der Waals surface area contributed by atoms with Gasteiger partial charge in [-0.15, -0.1) is 0 Å². The van der Waals surface area contributed by atoms with E-state index in [0.717, 1.165) is 0 Å². The second-order valence-corrected chi connectivity index (χ2v) is 5.48. The predicted molar refractivity (Wildman–Crippen MR) is 55.0 cm³/mol. The molecule has 88 valence electrons. The van der Waals surface area contributed by atoms with Crippen LogP contribution < -0.4 is 4.72 Å². The van der Waals surface area contributed by atoms with Gasteiger partial charge in [-0.05, 0) is 6.42 Å². The molecule has 1 amide bonds. The lowest BCUT2D eigenvalue weighted by atomic mass is 10.4. The van der Waals surface area contributed by atoms with Crippen molar-refractivity contribution in [3.63, 3.8) is 0 Å². The van der Waals surface area contributed by atoms with Crippen LogP contribution in [0.1, 0.15) is 13.3 Å². The molecule has 0 aromatic carbocycles. The largest absolute Gasteiger partial charge is 0.443 e. The van der Waals surface area contributed by atoms with Crippen molar-refractivity contribution in [2.75, 3.05) is 25.9 Å². The minimum Gasteiger partial charge on any atom is -0.443 e. The number of nitrogens with one attached hydrogen (secondary N) is 1. The van der Waals surface area contributed by atoms with Crippen LogP contribution in [0.3, 0.4) is 0 Å². The van der Waals surface area contributed by atoms with E-state index >= 15 is 0 Å². The molecular formula is C8H16N2O4S. The third-order valence-electron chi connectivity index (χ3n) is 2.06. The third-order valence-corrected chi connectivity index (χ3v) is 3.61. The van der Waals surface area contributed by atoms with Crippen LogP contribution in [0.15, 0.2) is 0 Å². The van der Waals surface area contributed by atoms with E-state index in [9.17, 15) is 13.2 Å². The maximum absolute atomic E-state index is 11.3. The Balaban J connectivity index is 2.36. The molecule has 1 aliphatic rings. The molecule has 15 heavy (non-hydrogen) atoms. The second kappa shape index (κ2) is 4.80. The van der Waals surface area contributed by atoms with Crippen LogP contribution >= 0.6 is 0 Å². The van der Waals surface area contributed by atoms with Crippen LogP contribution in [0.5, 0.6) is 0 Å². The summed E-state index contributed by atoms with van der Waals surface area (Å²) in [5, 5.41) is 0. The lowest BCUT2D eigenvalue weighted by Gasteiger charge is -2.09. The highest BCUT2D eigenvalue weighted by molar-refractivity contribution is 7.89. The highest BCUT2D eigenvalue weighted by Gasteiger charge is 2.28. The molecule has 0 aromatic heterocycles. The number of sulfonamides is 1. The summed E-state index contributed by atoms with van der Waals surface area (Å²) in [6.07, 6.45) is -0.219. The summed E-state index contributed by atoms with van der Waals surface area (Å²) in [6.45, 7) is 2.37. The van der Waals surface area contributed by atoms with Gasteiger partial charge in [0.1, 0.15) is 6.10 Å². The number of hydrogen-bond donors (Lipinski definition) is 1. The van der Waals surface area contributed by atoms with Gasteiger partial charge < -0.3 is 9.64 Å². The monoisotopic (exact) mass is 236 g/mol. The Hall–Kier alpha value is -0.820. The number of hydrogen-bond acceptors (Lipinski definition) is 4. The Labute approximate surface area is 89.6 Å². The first-order valence-electron chi connectivity index (χ1n) is 4.83. The maximum Gasteiger partial charge on any atom is 0.410 e. The minimum atomic E-state index is -3.21. The van der Waals surface area contributed by atoms with E-state index in [2.05, 4.69) is 4.72 Å². The van der Waals surface area contributed by atoms with Crippen LogP contribution in [0.25, 0.3) is 0 Å². The van der Waals surface area contributed by atoms with Crippen molar-refractivity contribution in [1.82, 2.24) is 9.62 Å². The molecule has 0 radical (unpaired) electrons. The molecule has 1 fully saturated rings. The Morgan fingerprint density at radius 3 is 2.73 bits per heavy atom. The quantitative estimate of drug-likeness (QED) is 0.715. The standard InChI is InChI=1S/C8H16N2O4S/c1-3-4-15(12,13)9-5-7-6-10(2)8(11)14-7/h7,9H,3-6H2,1-2H3. The zero-order valence-electron chi connectivity index (χ0n) is 8.89. The summed E-state index contributed by atoms with van der Waals surface area (Å²) >= 11 is 0. The van der Waals surface area contributed by atoms with Gasteiger partial charge >= 0.3 is 6.09 Å². The SMILES string of the molecule is CCCS(=O)(=O)NCC1CN(C)C(=O)O1. The smallest absolute Gasteiger partial charge is 0.410 e. The van der Waals surface area contributed by atoms with Gasteiger partial charge in [-0.25, -0.2) is 17.9 Å². The van der Waals surface area contributed by atoms with Crippen LogP contribution in [0, 0.1) is 0 Å². The summed E-state index contributed by atoms with van der Waals surface area (Å²) < 4.78 is 29.9. The molecule has 1 aliphatic heterocycles. The average molecular weight is 236 g/mol. The molecule has 7 heteroatoms. The van der Waals surface area contributed by atoms with E-state index in [1.54, 1.807) is 14.0 Å². The van der Waals surface area contributed by atoms with Gasteiger partial charge in [0.25, 0.3) is 0 Å². The van der Waals surface area contributed by atoms with Gasteiger partial charge in [-0.1, -0.05) is 6.92 Å². The van der Waals surface area contributed by atoms with Crippen molar-refractivity contribution in [3.05, 3.63) is 0 Å². The van der Waals surface area contributed by atoms with Crippen molar-refractivity contribution in [1.29, 1.82) is 0 Å². The van der Waals surface area contributed by atoms with Gasteiger partial charge in [0.05, 0.1) is 12.3 Å². The highest BCUT2D eigenvalue weighted by atomic mass is 32.2. The number of carbonyl (C=O) groups excluding carboxylic acids is 1. The van der Waals surface area contributed by atoms with Gasteiger partial charge in [-0.3, -0.25) is 0 Å². The van der Waals surface area contributed by atoms with E-state index in [1.807, 2.05) is 0 Å². The van der Waals surface area contributed by atoms with Crippen LogP contribution in [-0.4, -0.2) is 51.4 Å². The Morgan fingerprint density at radius 1 is 1.60 bits per heavy atom. The first kappa shape index (κ1) is 12.3. The molecular weight excluding hydrogens is 220 g/mol. The number of ether oxygens (including phenoxy) is 1. The minimum absolute atomic E-state index is 0.101. The average Bonchev–Trinajstić information content (AvgIpc) is 2.44. The normalized spacial score (nSPS) is 21.9. The molecule has 1 rings (SSSR count). The molecule has 6 nitrogen and oxygen atoms in total. The molecule has 0 aliphatic carbocycles. The number of carbonyl (C=O) groups is 1. The summed E-state index contributed by atoms with van der Waals surface area (Å²) in [5.74, 6) is 0.101. The summed E-state index contributed by atoms with van der Waals surface area (Å²) in [7, 11) is -1.60. The fourth-order valence-corrected chi connectivity index (χ4v) is 2.44. The third kappa shape index (κ3) is 3.67. The molecule has 0 saturated carbocycles. The Kier molecular flexibility index (Phi) is 3.92. The van der Waals surface area contributed by atoms with E-state index < -0.39 is 16.1 Å². The van der Waals surface area contributed by atoms with Crippen molar-refractivity contribution in [2.24, 2.45) is 0 Å². The fraction of sp³-hybridized carbons (Fsp3) is 0.875. The lowest BCUT2D eigenvalue weighted by molar-refractivity contribution is 0.135. The zero-order valence-corrected chi connectivity index (χ0v) is 9.71. The van der Waals surface area contributed by atoms with Crippen molar-refractivity contribution in [2.45, 2.75) is 19.4 Å². The lowest BCUT2D eigenvalue weighted by Crippen LogP contribution is -2.35. The summed E-state index contributed by atoms with van der Waals surface area (Å²) in [5.41, 5.74) is 0. The number of likely N-dealkylation sites (N-methyl/N-ethyl adjacent to an activating group) is 1. The van der Waals surface area contributed by atoms with E-state index in [-0.39, 0.29) is 18.4 Å². The van der Waals surface area contributed by atoms with Gasteiger partial charge in [0.15, 0.2) is 0 Å². The Morgan fingerprint density at radius 2 is 2.27 bits per heavy atom. The highest BCUT2D eigenvalue weighted by Crippen LogP contribution is 2.07. The first-order valence-corrected chi connectivity index (χ1v) is 6.49. The molecule has 1 N–H and O–H groups in total. The predicted octanol–water partition coefficient (Wildman–Crippen LogP) is -0.234. The Bertz CT molecular complexity index is 328. The van der Waals surface area contributed by atoms with Crippen molar-refractivity contribution in [3.8, 4) is 0 Å². The second-order valence-electron chi connectivity index (χ2n) is 3.55. The van der Waals surface area contributed by atoms with Crippen LogP contribution in [0.2, 0.25) is 0 Å². The molecule has 0 bridgehead atoms. The van der Waals surface area contributed by atoms with Crippen LogP contribution in [-0.2, 0) is 14.8 Å². The number of rotatable bonds is 5. The van der Waals surface area contributed by atoms with E-state index in [0.29, 0.717) is 13.0 Å². The first-order chi connectivity index (χ1) is 6.94. The molecule has 1 atom stereocenters. The molecule has 1 heterocycles. The van der Waals surface area contributed by atoms with Gasteiger partial charge in [0, 0.05) is 13.6 Å². The van der Waals surface area contributed by atoms with Gasteiger partial charge in [0.2, 0.25) is 10.0 Å². The van der Waals surface area contributed by atoms with E-state index in [1.165, 1.54) is 4.90 Å². The van der Waals surface area contributed by atoms with E-state index in [4.69, 9.17) is 4.74 Å². The number of amides is 1. The van der Waals surface area contributed by atoms with Gasteiger partial charge in [-0.2, -0.15) is 0 Å². The van der Waals surface area contributed by atoms with Crippen molar-refractivity contribution >= 4 is 16.1 Å². The fourth-order valence-electron chi connectivity index (χ4n) is 1.32. The summed E-state index contributed by atoms with van der Waals surface area (Å²) in [6, 6.07) is 0. The molecule has 0 spiro atoms. The summed E-state index contributed by atoms with van der Waals surface area (Å²) in [4.78, 5) is 12.4. The van der Waals surface area contributed by atoms with Crippen molar-refractivity contribution < 1.29 is 17.9 Å². The maximum atomic E-state index is 11.3. The molecule has 1 saturated heterocycles. The zero-order chi connectivity index (χ0) is 11.5.